The van der Waals surface area contributed by atoms with Crippen LogP contribution in [0.2, 0.25) is 0 Å². The minimum Gasteiger partial charge on any atom is -0.493 e. The molecule has 2 heterocycles. The Morgan fingerprint density at radius 1 is 0.939 bits per heavy atom. The molecule has 0 aliphatic carbocycles. The molecule has 2 aliphatic rings. The molecule has 4 rings (SSSR count). The Hall–Kier alpha value is -2.62. The van der Waals surface area contributed by atoms with Crippen molar-refractivity contribution < 1.29 is 22.7 Å². The topological polar surface area (TPSA) is 79.4 Å². The average molecular weight is 474 g/mol. The third-order valence-electron chi connectivity index (χ3n) is 6.47. The summed E-state index contributed by atoms with van der Waals surface area (Å²) >= 11 is 0. The van der Waals surface area contributed by atoms with E-state index in [-0.39, 0.29) is 29.9 Å². The van der Waals surface area contributed by atoms with Gasteiger partial charge in [-0.2, -0.15) is 4.31 Å². The van der Waals surface area contributed by atoms with Gasteiger partial charge in [0.2, 0.25) is 15.9 Å². The van der Waals surface area contributed by atoms with Crippen molar-refractivity contribution in [3.05, 3.63) is 54.1 Å². The zero-order valence-electron chi connectivity index (χ0n) is 19.1. The number of methoxy groups -OCH3 is 2. The maximum absolute atomic E-state index is 13.1. The van der Waals surface area contributed by atoms with Crippen LogP contribution < -0.4 is 9.47 Å². The third kappa shape index (κ3) is 5.00. The van der Waals surface area contributed by atoms with Crippen LogP contribution in [0.25, 0.3) is 0 Å². The lowest BCUT2D eigenvalue weighted by Gasteiger charge is -2.35. The molecule has 1 amide bonds. The SMILES string of the molecule is COc1ccc(S(=O)(=O)N2CCN(C(=O)CN3CCCC3c3ccccc3)CC2)cc1OC. The molecule has 1 atom stereocenters. The van der Waals surface area contributed by atoms with E-state index in [1.165, 1.54) is 36.2 Å². The first kappa shape index (κ1) is 23.5. The van der Waals surface area contributed by atoms with E-state index in [2.05, 4.69) is 17.0 Å². The van der Waals surface area contributed by atoms with Gasteiger partial charge in [-0.15, -0.1) is 0 Å². The Morgan fingerprint density at radius 2 is 1.64 bits per heavy atom. The molecule has 0 bridgehead atoms. The first-order chi connectivity index (χ1) is 15.9. The van der Waals surface area contributed by atoms with Gasteiger partial charge in [-0.1, -0.05) is 30.3 Å². The molecule has 0 N–H and O–H groups in total. The number of likely N-dealkylation sites (tertiary alicyclic amines) is 1. The van der Waals surface area contributed by atoms with Crippen molar-refractivity contribution in [2.45, 2.75) is 23.8 Å². The molecule has 8 nitrogen and oxygen atoms in total. The minimum atomic E-state index is -3.69. The summed E-state index contributed by atoms with van der Waals surface area (Å²) in [5.41, 5.74) is 1.24. The van der Waals surface area contributed by atoms with Crippen LogP contribution in [-0.4, -0.2) is 81.9 Å². The molecular weight excluding hydrogens is 442 g/mol. The number of benzene rings is 2. The molecular formula is C24H31N3O5S. The molecule has 2 aromatic carbocycles. The van der Waals surface area contributed by atoms with Crippen molar-refractivity contribution in [1.82, 2.24) is 14.1 Å². The molecule has 9 heteroatoms. The first-order valence-electron chi connectivity index (χ1n) is 11.2. The van der Waals surface area contributed by atoms with Crippen molar-refractivity contribution in [1.29, 1.82) is 0 Å². The van der Waals surface area contributed by atoms with Crippen LogP contribution in [-0.2, 0) is 14.8 Å². The predicted molar refractivity (Wildman–Crippen MR) is 125 cm³/mol. The van der Waals surface area contributed by atoms with E-state index in [0.717, 1.165) is 19.4 Å². The van der Waals surface area contributed by atoms with Gasteiger partial charge in [-0.3, -0.25) is 9.69 Å². The molecule has 2 aromatic rings. The minimum absolute atomic E-state index is 0.0565. The van der Waals surface area contributed by atoms with Gasteiger partial charge in [0.15, 0.2) is 11.5 Å². The van der Waals surface area contributed by atoms with Crippen LogP contribution in [0.5, 0.6) is 11.5 Å². The van der Waals surface area contributed by atoms with Crippen molar-refractivity contribution in [2.75, 3.05) is 53.5 Å². The molecule has 0 radical (unpaired) electrons. The highest BCUT2D eigenvalue weighted by Gasteiger charge is 2.33. The van der Waals surface area contributed by atoms with E-state index in [0.29, 0.717) is 31.1 Å². The van der Waals surface area contributed by atoms with Crippen molar-refractivity contribution in [2.24, 2.45) is 0 Å². The number of hydrogen-bond acceptors (Lipinski definition) is 6. The van der Waals surface area contributed by atoms with Crippen LogP contribution in [0.3, 0.4) is 0 Å². The van der Waals surface area contributed by atoms with Crippen molar-refractivity contribution in [3.8, 4) is 11.5 Å². The van der Waals surface area contributed by atoms with Crippen LogP contribution in [0.4, 0.5) is 0 Å². The van der Waals surface area contributed by atoms with Crippen LogP contribution in [0, 0.1) is 0 Å². The summed E-state index contributed by atoms with van der Waals surface area (Å²) in [4.78, 5) is 17.2. The van der Waals surface area contributed by atoms with Gasteiger partial charge in [-0.25, -0.2) is 8.42 Å². The quantitative estimate of drug-likeness (QED) is 0.614. The molecule has 0 aromatic heterocycles. The van der Waals surface area contributed by atoms with Crippen LogP contribution in [0.1, 0.15) is 24.4 Å². The predicted octanol–water partition coefficient (Wildman–Crippen LogP) is 2.37. The Morgan fingerprint density at radius 3 is 2.30 bits per heavy atom. The van der Waals surface area contributed by atoms with E-state index in [1.54, 1.807) is 11.0 Å². The molecule has 0 spiro atoms. The standard InChI is InChI=1S/C24H31N3O5S/c1-31-22-11-10-20(17-23(22)32-2)33(29,30)27-15-13-25(14-16-27)24(28)18-26-12-6-9-21(26)19-7-4-3-5-8-19/h3-5,7-8,10-11,17,21H,6,9,12-16,18H2,1-2H3. The number of sulfonamides is 1. The average Bonchev–Trinajstić information content (AvgIpc) is 3.32. The van der Waals surface area contributed by atoms with Gasteiger partial charge in [0, 0.05) is 38.3 Å². The second-order valence-electron chi connectivity index (χ2n) is 8.34. The number of ether oxygens (including phenoxy) is 2. The van der Waals surface area contributed by atoms with Crippen molar-refractivity contribution in [3.63, 3.8) is 0 Å². The van der Waals surface area contributed by atoms with E-state index >= 15 is 0 Å². The van der Waals surface area contributed by atoms with Gasteiger partial charge in [0.05, 0.1) is 25.7 Å². The van der Waals surface area contributed by atoms with Gasteiger partial charge in [-0.05, 0) is 37.1 Å². The van der Waals surface area contributed by atoms with E-state index < -0.39 is 10.0 Å². The molecule has 0 saturated carbocycles. The third-order valence-corrected chi connectivity index (χ3v) is 8.37. The normalized spacial score (nSPS) is 20.1. The number of carbonyl (C=O) groups is 1. The smallest absolute Gasteiger partial charge is 0.243 e. The lowest BCUT2D eigenvalue weighted by Crippen LogP contribution is -2.52. The van der Waals surface area contributed by atoms with E-state index in [9.17, 15) is 13.2 Å². The largest absolute Gasteiger partial charge is 0.493 e. The van der Waals surface area contributed by atoms with Crippen molar-refractivity contribution >= 4 is 15.9 Å². The summed E-state index contributed by atoms with van der Waals surface area (Å²) in [6.07, 6.45) is 2.12. The molecule has 2 saturated heterocycles. The van der Waals surface area contributed by atoms with Gasteiger partial charge >= 0.3 is 0 Å². The van der Waals surface area contributed by atoms with Gasteiger partial charge in [0.25, 0.3) is 0 Å². The summed E-state index contributed by atoms with van der Waals surface area (Å²) in [6.45, 7) is 2.57. The van der Waals surface area contributed by atoms with Crippen LogP contribution >= 0.6 is 0 Å². The molecule has 178 valence electrons. The fourth-order valence-corrected chi connectivity index (χ4v) is 6.08. The highest BCUT2D eigenvalue weighted by atomic mass is 32.2. The van der Waals surface area contributed by atoms with E-state index in [1.807, 2.05) is 18.2 Å². The number of piperazine rings is 1. The summed E-state index contributed by atoms with van der Waals surface area (Å²) in [5, 5.41) is 0. The van der Waals surface area contributed by atoms with Gasteiger partial charge < -0.3 is 14.4 Å². The fourth-order valence-electron chi connectivity index (χ4n) is 4.65. The summed E-state index contributed by atoms with van der Waals surface area (Å²) in [6, 6.07) is 15.2. The number of rotatable bonds is 7. The highest BCUT2D eigenvalue weighted by Crippen LogP contribution is 2.32. The Bertz CT molecular complexity index is 1070. The van der Waals surface area contributed by atoms with E-state index in [4.69, 9.17) is 9.47 Å². The van der Waals surface area contributed by atoms with Gasteiger partial charge in [0.1, 0.15) is 0 Å². The number of carbonyl (C=O) groups excluding carboxylic acids is 1. The second kappa shape index (κ2) is 10.1. The number of nitrogens with zero attached hydrogens (tertiary/aromatic N) is 3. The second-order valence-corrected chi connectivity index (χ2v) is 10.3. The summed E-state index contributed by atoms with van der Waals surface area (Å²) in [5.74, 6) is 0.898. The number of hydrogen-bond donors (Lipinski definition) is 0. The molecule has 1 unspecified atom stereocenters. The lowest BCUT2D eigenvalue weighted by molar-refractivity contribution is -0.133. The zero-order chi connectivity index (χ0) is 23.4. The lowest BCUT2D eigenvalue weighted by atomic mass is 10.0. The maximum Gasteiger partial charge on any atom is 0.243 e. The first-order valence-corrected chi connectivity index (χ1v) is 12.7. The summed E-state index contributed by atoms with van der Waals surface area (Å²) < 4.78 is 38.1. The highest BCUT2D eigenvalue weighted by molar-refractivity contribution is 7.89. The molecule has 2 fully saturated rings. The monoisotopic (exact) mass is 473 g/mol. The van der Waals surface area contributed by atoms with Crippen LogP contribution in [0.15, 0.2) is 53.4 Å². The Labute approximate surface area is 195 Å². The Kier molecular flexibility index (Phi) is 7.21. The molecule has 2 aliphatic heterocycles. The zero-order valence-corrected chi connectivity index (χ0v) is 20.0. The fraction of sp³-hybridized carbons (Fsp3) is 0.458. The maximum atomic E-state index is 13.1. The number of amides is 1. The Balaban J connectivity index is 1.37. The molecule has 33 heavy (non-hydrogen) atoms. The summed E-state index contributed by atoms with van der Waals surface area (Å²) in [7, 11) is -0.707.